The molecule has 0 radical (unpaired) electrons. The Bertz CT molecular complexity index is 1640. The van der Waals surface area contributed by atoms with E-state index in [2.05, 4.69) is 11.9 Å². The zero-order chi connectivity index (χ0) is 36.4. The first-order valence-corrected chi connectivity index (χ1v) is 15.5. The van der Waals surface area contributed by atoms with Gasteiger partial charge in [0.05, 0.1) is 28.2 Å². The Hall–Kier alpha value is -4.39. The smallest absolute Gasteiger partial charge is 0.416 e. The molecule has 0 bridgehead atoms. The fraction of sp³-hybridized carbons (Fsp3) is 0.389. The van der Waals surface area contributed by atoms with E-state index in [1.807, 2.05) is 6.07 Å². The Morgan fingerprint density at radius 3 is 2.20 bits per heavy atom. The molecule has 3 aromatic carbocycles. The van der Waals surface area contributed by atoms with Crippen molar-refractivity contribution in [2.24, 2.45) is 5.73 Å². The topological polar surface area (TPSA) is 84.7 Å². The molecule has 0 spiro atoms. The Balaban J connectivity index is 1.70. The number of nitrogens with zero attached hydrogens (tertiary/aromatic N) is 1. The van der Waals surface area contributed by atoms with Crippen LogP contribution < -0.4 is 11.1 Å². The summed E-state index contributed by atoms with van der Waals surface area (Å²) in [6.45, 7) is 7.98. The third-order valence-electron chi connectivity index (χ3n) is 9.23. The molecule has 3 N–H and O–H groups in total. The molecule has 264 valence electrons. The molecule has 0 saturated carbocycles. The number of ether oxygens (including phenoxy) is 1. The molecule has 0 aliphatic carbocycles. The molecule has 49 heavy (non-hydrogen) atoms. The molecule has 1 aliphatic heterocycles. The van der Waals surface area contributed by atoms with Crippen molar-refractivity contribution in [2.45, 2.75) is 82.0 Å². The monoisotopic (exact) mass is 693 g/mol. The van der Waals surface area contributed by atoms with Crippen LogP contribution in [0.2, 0.25) is 0 Å². The van der Waals surface area contributed by atoms with E-state index in [4.69, 9.17) is 10.5 Å². The second-order valence-corrected chi connectivity index (χ2v) is 12.8. The van der Waals surface area contributed by atoms with E-state index < -0.39 is 69.9 Å². The minimum atomic E-state index is -5.09. The molecule has 4 atom stereocenters. The van der Waals surface area contributed by atoms with Crippen LogP contribution in [0.3, 0.4) is 0 Å². The first-order chi connectivity index (χ1) is 22.8. The molecule has 1 saturated heterocycles. The Morgan fingerprint density at radius 2 is 1.65 bits per heavy atom. The first-order valence-electron chi connectivity index (χ1n) is 15.5. The van der Waals surface area contributed by atoms with Gasteiger partial charge in [0.25, 0.3) is 0 Å². The normalized spacial score (nSPS) is 20.2. The van der Waals surface area contributed by atoms with E-state index in [0.717, 1.165) is 5.56 Å². The summed E-state index contributed by atoms with van der Waals surface area (Å²) in [6.07, 6.45) is -8.78. The highest BCUT2D eigenvalue weighted by atomic mass is 19.4. The van der Waals surface area contributed by atoms with Gasteiger partial charge in [0.1, 0.15) is 12.4 Å². The predicted molar refractivity (Wildman–Crippen MR) is 170 cm³/mol. The van der Waals surface area contributed by atoms with Gasteiger partial charge in [-0.15, -0.1) is 6.58 Å². The van der Waals surface area contributed by atoms with Crippen molar-refractivity contribution in [2.75, 3.05) is 6.54 Å². The Labute approximate surface area is 280 Å². The van der Waals surface area contributed by atoms with Gasteiger partial charge in [0.2, 0.25) is 5.91 Å². The zero-order valence-corrected chi connectivity index (χ0v) is 27.2. The molecule has 6 nitrogen and oxygen atoms in total. The van der Waals surface area contributed by atoms with Crippen molar-refractivity contribution < 1.29 is 45.1 Å². The summed E-state index contributed by atoms with van der Waals surface area (Å²) in [6, 6.07) is 13.3. The highest BCUT2D eigenvalue weighted by Gasteiger charge is 2.48. The summed E-state index contributed by atoms with van der Waals surface area (Å²) in [7, 11) is 0. The van der Waals surface area contributed by atoms with Crippen LogP contribution in [0.15, 0.2) is 79.4 Å². The number of hydrogen-bond acceptors (Lipinski definition) is 4. The molecule has 4 rings (SSSR count). The summed E-state index contributed by atoms with van der Waals surface area (Å²) in [4.78, 5) is 28.8. The van der Waals surface area contributed by atoms with Crippen LogP contribution in [0, 0.1) is 12.7 Å². The second kappa shape index (κ2) is 14.2. The maximum atomic E-state index is 14.4. The van der Waals surface area contributed by atoms with Crippen LogP contribution in [-0.4, -0.2) is 34.5 Å². The number of alkyl carbamates (subject to hydrolysis) is 1. The highest BCUT2D eigenvalue weighted by molar-refractivity contribution is 5.87. The van der Waals surface area contributed by atoms with Crippen LogP contribution in [0.1, 0.15) is 78.5 Å². The van der Waals surface area contributed by atoms with Gasteiger partial charge in [-0.25, -0.2) is 9.18 Å². The second-order valence-electron chi connectivity index (χ2n) is 12.8. The van der Waals surface area contributed by atoms with Gasteiger partial charge in [-0.05, 0) is 85.7 Å². The first kappa shape index (κ1) is 37.4. The molecule has 1 fully saturated rings. The summed E-state index contributed by atoms with van der Waals surface area (Å²) in [5.74, 6) is -2.60. The number of piperidine rings is 1. The van der Waals surface area contributed by atoms with Crippen LogP contribution >= 0.6 is 0 Å². The zero-order valence-electron chi connectivity index (χ0n) is 27.2. The van der Waals surface area contributed by atoms with Gasteiger partial charge >= 0.3 is 18.4 Å². The number of aryl methyl sites for hydroxylation is 1. The summed E-state index contributed by atoms with van der Waals surface area (Å²) in [5.41, 5.74) is 1.87. The lowest BCUT2D eigenvalue weighted by Gasteiger charge is -2.49. The van der Waals surface area contributed by atoms with Gasteiger partial charge in [-0.2, -0.15) is 26.3 Å². The Morgan fingerprint density at radius 1 is 1.04 bits per heavy atom. The lowest BCUT2D eigenvalue weighted by molar-refractivity contribution is -0.143. The van der Waals surface area contributed by atoms with E-state index in [-0.39, 0.29) is 38.5 Å². The lowest BCUT2D eigenvalue weighted by atomic mass is 9.75. The van der Waals surface area contributed by atoms with E-state index in [9.17, 15) is 40.3 Å². The molecular formula is C36H38F7N3O3. The molecule has 0 aromatic heterocycles. The van der Waals surface area contributed by atoms with Crippen LogP contribution in [-0.2, 0) is 28.5 Å². The van der Waals surface area contributed by atoms with E-state index in [0.29, 0.717) is 23.3 Å². The average Bonchev–Trinajstić information content (AvgIpc) is 3.02. The minimum absolute atomic E-state index is 0.00301. The highest BCUT2D eigenvalue weighted by Crippen LogP contribution is 2.44. The predicted octanol–water partition coefficient (Wildman–Crippen LogP) is 8.60. The number of amides is 2. The van der Waals surface area contributed by atoms with Gasteiger partial charge < -0.3 is 20.7 Å². The van der Waals surface area contributed by atoms with Crippen molar-refractivity contribution in [1.82, 2.24) is 10.2 Å². The number of likely N-dealkylation sites (tertiary alicyclic amines) is 1. The lowest BCUT2D eigenvalue weighted by Crippen LogP contribution is -2.62. The molecule has 1 unspecified atom stereocenters. The van der Waals surface area contributed by atoms with Crippen molar-refractivity contribution in [3.8, 4) is 0 Å². The summed E-state index contributed by atoms with van der Waals surface area (Å²) < 4.78 is 102. The summed E-state index contributed by atoms with van der Waals surface area (Å²) in [5, 5.41) is 2.93. The molecule has 3 aromatic rings. The van der Waals surface area contributed by atoms with Gasteiger partial charge in [-0.1, -0.05) is 49.4 Å². The SMILES string of the molecule is C=CC[C@]1(NC(=O)OCc2ccccc2)CCN(C(=O)C(C)(N)[C@@H](C)c2cc(C(F)(F)F)cc(C(F)(F)F)c2)[C@@H](c2ccc(F)cc2C)C1. The van der Waals surface area contributed by atoms with Crippen LogP contribution in [0.25, 0.3) is 0 Å². The maximum Gasteiger partial charge on any atom is 0.416 e. The molecule has 2 amide bonds. The number of alkyl halides is 6. The average molecular weight is 694 g/mol. The number of nitrogens with two attached hydrogens (primary N) is 1. The van der Waals surface area contributed by atoms with E-state index in [1.165, 1.54) is 36.9 Å². The molecule has 13 heteroatoms. The number of rotatable bonds is 9. The molecule has 1 aliphatic rings. The maximum absolute atomic E-state index is 14.4. The van der Waals surface area contributed by atoms with Crippen molar-refractivity contribution in [3.05, 3.63) is 119 Å². The van der Waals surface area contributed by atoms with Gasteiger partial charge in [0, 0.05) is 12.5 Å². The van der Waals surface area contributed by atoms with Crippen LogP contribution in [0.5, 0.6) is 0 Å². The molecule has 1 heterocycles. The number of hydrogen-bond donors (Lipinski definition) is 2. The minimum Gasteiger partial charge on any atom is -0.445 e. The van der Waals surface area contributed by atoms with Crippen molar-refractivity contribution in [3.63, 3.8) is 0 Å². The third kappa shape index (κ3) is 8.62. The number of carbonyl (C=O) groups is 2. The van der Waals surface area contributed by atoms with Crippen molar-refractivity contribution >= 4 is 12.0 Å². The number of carbonyl (C=O) groups excluding carboxylic acids is 2. The number of halogens is 7. The summed E-state index contributed by atoms with van der Waals surface area (Å²) >= 11 is 0. The Kier molecular flexibility index (Phi) is 10.9. The van der Waals surface area contributed by atoms with Gasteiger partial charge in [-0.3, -0.25) is 4.79 Å². The van der Waals surface area contributed by atoms with Crippen LogP contribution in [0.4, 0.5) is 35.5 Å². The quantitative estimate of drug-likeness (QED) is 0.174. The van der Waals surface area contributed by atoms with Crippen molar-refractivity contribution in [1.29, 1.82) is 0 Å². The third-order valence-corrected chi connectivity index (χ3v) is 9.23. The van der Waals surface area contributed by atoms with E-state index in [1.54, 1.807) is 37.3 Å². The fourth-order valence-corrected chi connectivity index (χ4v) is 6.28. The number of benzene rings is 3. The largest absolute Gasteiger partial charge is 0.445 e. The molecular weight excluding hydrogens is 655 g/mol. The number of nitrogens with one attached hydrogen (secondary N) is 1. The van der Waals surface area contributed by atoms with Gasteiger partial charge in [0.15, 0.2) is 0 Å². The van der Waals surface area contributed by atoms with E-state index >= 15 is 0 Å². The standard InChI is InChI=1S/C36H38F7N3O3/c1-5-13-34(45-32(48)49-21-24-9-7-6-8-10-24)14-15-46(30(20-34)29-12-11-28(37)16-22(29)2)31(47)33(4,44)23(3)25-17-26(35(38,39)40)19-27(18-25)36(41,42)43/h5-12,16-19,23,30H,1,13-15,20-21,44H2,2-4H3,(H,45,48)/t23-,30+,33?,34-/m0/s1. The fourth-order valence-electron chi connectivity index (χ4n) is 6.28.